The molecular formula is C16H22N2. The topological polar surface area (TPSA) is 17.8 Å². The number of aromatic nitrogens is 2. The highest BCUT2D eigenvalue weighted by atomic mass is 15.3. The fraction of sp³-hybridized carbons (Fsp3) is 0.438. The quantitative estimate of drug-likeness (QED) is 0.762. The van der Waals surface area contributed by atoms with Gasteiger partial charge in [0.2, 0.25) is 0 Å². The summed E-state index contributed by atoms with van der Waals surface area (Å²) in [4.78, 5) is 0. The molecule has 0 bridgehead atoms. The van der Waals surface area contributed by atoms with E-state index in [0.29, 0.717) is 0 Å². The summed E-state index contributed by atoms with van der Waals surface area (Å²) in [7, 11) is 0. The Hall–Kier alpha value is -1.57. The highest BCUT2D eigenvalue weighted by Gasteiger charge is 2.26. The molecule has 0 N–H and O–H groups in total. The van der Waals surface area contributed by atoms with Gasteiger partial charge in [0.15, 0.2) is 0 Å². The molecule has 0 saturated heterocycles. The zero-order chi connectivity index (χ0) is 13.0. The fourth-order valence-corrected chi connectivity index (χ4v) is 2.41. The summed E-state index contributed by atoms with van der Waals surface area (Å²) in [5.41, 5.74) is 2.53. The summed E-state index contributed by atoms with van der Waals surface area (Å²) in [6, 6.07) is 12.4. The Morgan fingerprint density at radius 3 is 2.44 bits per heavy atom. The first kappa shape index (κ1) is 12.9. The van der Waals surface area contributed by atoms with E-state index in [9.17, 15) is 0 Å². The van der Waals surface area contributed by atoms with Crippen LogP contribution in [0.5, 0.6) is 0 Å². The Bertz CT molecular complexity index is 487. The molecule has 0 aliphatic carbocycles. The van der Waals surface area contributed by atoms with Crippen molar-refractivity contribution in [1.29, 1.82) is 0 Å². The van der Waals surface area contributed by atoms with Crippen LogP contribution in [0.15, 0.2) is 42.6 Å². The number of benzene rings is 1. The molecule has 1 atom stereocenters. The molecule has 1 aromatic carbocycles. The second kappa shape index (κ2) is 5.38. The van der Waals surface area contributed by atoms with Crippen molar-refractivity contribution in [1.82, 2.24) is 9.78 Å². The van der Waals surface area contributed by atoms with E-state index in [1.807, 2.05) is 22.9 Å². The van der Waals surface area contributed by atoms with Gasteiger partial charge in [0.25, 0.3) is 0 Å². The Morgan fingerprint density at radius 2 is 1.83 bits per heavy atom. The average Bonchev–Trinajstić information content (AvgIpc) is 2.90. The van der Waals surface area contributed by atoms with Crippen LogP contribution >= 0.6 is 0 Å². The molecule has 0 radical (unpaired) electrons. The van der Waals surface area contributed by atoms with Crippen LogP contribution in [0.25, 0.3) is 5.69 Å². The Kier molecular flexibility index (Phi) is 3.85. The first-order chi connectivity index (χ1) is 8.69. The maximum absolute atomic E-state index is 4.76. The zero-order valence-corrected chi connectivity index (χ0v) is 11.6. The second-order valence-corrected chi connectivity index (χ2v) is 5.15. The molecule has 0 aliphatic heterocycles. The maximum atomic E-state index is 4.76. The van der Waals surface area contributed by atoms with Crippen LogP contribution in [0.3, 0.4) is 0 Å². The van der Waals surface area contributed by atoms with E-state index >= 15 is 0 Å². The predicted octanol–water partition coefficient (Wildman–Crippen LogP) is 4.34. The summed E-state index contributed by atoms with van der Waals surface area (Å²) in [5.74, 6) is 0. The minimum atomic E-state index is 0.203. The lowest BCUT2D eigenvalue weighted by molar-refractivity contribution is 0.400. The van der Waals surface area contributed by atoms with E-state index in [0.717, 1.165) is 12.1 Å². The molecule has 1 heterocycles. The number of para-hydroxylation sites is 1. The van der Waals surface area contributed by atoms with E-state index in [1.165, 1.54) is 18.5 Å². The minimum Gasteiger partial charge on any atom is -0.241 e. The minimum absolute atomic E-state index is 0.203. The van der Waals surface area contributed by atoms with Gasteiger partial charge in [-0.15, -0.1) is 0 Å². The van der Waals surface area contributed by atoms with Gasteiger partial charge in [0.05, 0.1) is 11.4 Å². The molecule has 1 unspecified atom stereocenters. The Morgan fingerprint density at radius 1 is 1.11 bits per heavy atom. The van der Waals surface area contributed by atoms with E-state index in [-0.39, 0.29) is 5.41 Å². The molecule has 2 aromatic rings. The predicted molar refractivity (Wildman–Crippen MR) is 76.1 cm³/mol. The van der Waals surface area contributed by atoms with Gasteiger partial charge in [-0.1, -0.05) is 45.4 Å². The molecule has 0 aliphatic rings. The normalized spacial score (nSPS) is 14.4. The van der Waals surface area contributed by atoms with Crippen molar-refractivity contribution >= 4 is 0 Å². The monoisotopic (exact) mass is 242 g/mol. The summed E-state index contributed by atoms with van der Waals surface area (Å²) in [6.45, 7) is 6.80. The summed E-state index contributed by atoms with van der Waals surface area (Å²) >= 11 is 0. The van der Waals surface area contributed by atoms with Crippen LogP contribution in [0, 0.1) is 0 Å². The van der Waals surface area contributed by atoms with Crippen molar-refractivity contribution in [3.8, 4) is 5.69 Å². The van der Waals surface area contributed by atoms with Crippen molar-refractivity contribution in [2.45, 2.75) is 45.4 Å². The second-order valence-electron chi connectivity index (χ2n) is 5.15. The highest BCUT2D eigenvalue weighted by Crippen LogP contribution is 2.31. The molecule has 0 amide bonds. The van der Waals surface area contributed by atoms with Crippen LogP contribution in [0.4, 0.5) is 0 Å². The molecule has 0 fully saturated rings. The third-order valence-corrected chi connectivity index (χ3v) is 3.81. The van der Waals surface area contributed by atoms with E-state index in [1.54, 1.807) is 0 Å². The standard InChI is InChI=1S/C16H22N2/c1-4-12-16(3,5-2)15-11-13-18(17-15)14-9-7-6-8-10-14/h6-11,13H,4-5,12H2,1-3H3. The molecule has 2 nitrogen and oxygen atoms in total. The third kappa shape index (κ3) is 2.47. The van der Waals surface area contributed by atoms with Crippen molar-refractivity contribution in [3.63, 3.8) is 0 Å². The van der Waals surface area contributed by atoms with E-state index in [4.69, 9.17) is 5.10 Å². The molecule has 0 saturated carbocycles. The number of hydrogen-bond acceptors (Lipinski definition) is 1. The molecule has 2 heteroatoms. The largest absolute Gasteiger partial charge is 0.241 e. The van der Waals surface area contributed by atoms with Gasteiger partial charge in [-0.2, -0.15) is 5.10 Å². The van der Waals surface area contributed by atoms with Gasteiger partial charge in [0.1, 0.15) is 0 Å². The third-order valence-electron chi connectivity index (χ3n) is 3.81. The smallest absolute Gasteiger partial charge is 0.0687 e. The fourth-order valence-electron chi connectivity index (χ4n) is 2.41. The average molecular weight is 242 g/mol. The lowest BCUT2D eigenvalue weighted by Gasteiger charge is -2.25. The zero-order valence-electron chi connectivity index (χ0n) is 11.6. The first-order valence-electron chi connectivity index (χ1n) is 6.81. The van der Waals surface area contributed by atoms with Gasteiger partial charge in [0, 0.05) is 11.6 Å². The SMILES string of the molecule is CCCC(C)(CC)c1ccn(-c2ccccc2)n1. The Labute approximate surface area is 110 Å². The van der Waals surface area contributed by atoms with Crippen molar-refractivity contribution in [2.75, 3.05) is 0 Å². The summed E-state index contributed by atoms with van der Waals surface area (Å²) in [5, 5.41) is 4.76. The first-order valence-corrected chi connectivity index (χ1v) is 6.81. The molecular weight excluding hydrogens is 220 g/mol. The molecule has 1 aromatic heterocycles. The number of rotatable bonds is 5. The number of hydrogen-bond donors (Lipinski definition) is 0. The molecule has 96 valence electrons. The lowest BCUT2D eigenvalue weighted by Crippen LogP contribution is -2.21. The van der Waals surface area contributed by atoms with Gasteiger partial charge >= 0.3 is 0 Å². The maximum Gasteiger partial charge on any atom is 0.0687 e. The highest BCUT2D eigenvalue weighted by molar-refractivity contribution is 5.31. The van der Waals surface area contributed by atoms with E-state index in [2.05, 4.69) is 45.2 Å². The Balaban J connectivity index is 2.30. The lowest BCUT2D eigenvalue weighted by atomic mass is 9.80. The van der Waals surface area contributed by atoms with Crippen LogP contribution in [0.2, 0.25) is 0 Å². The van der Waals surface area contributed by atoms with Crippen LogP contribution in [0.1, 0.15) is 45.7 Å². The van der Waals surface area contributed by atoms with Crippen LogP contribution in [-0.4, -0.2) is 9.78 Å². The molecule has 2 rings (SSSR count). The van der Waals surface area contributed by atoms with Crippen LogP contribution < -0.4 is 0 Å². The van der Waals surface area contributed by atoms with Crippen molar-refractivity contribution < 1.29 is 0 Å². The van der Waals surface area contributed by atoms with E-state index < -0.39 is 0 Å². The molecule has 0 spiro atoms. The van der Waals surface area contributed by atoms with Gasteiger partial charge < -0.3 is 0 Å². The van der Waals surface area contributed by atoms with Gasteiger partial charge in [-0.25, -0.2) is 4.68 Å². The number of nitrogens with zero attached hydrogens (tertiary/aromatic N) is 2. The van der Waals surface area contributed by atoms with Crippen molar-refractivity contribution in [3.05, 3.63) is 48.3 Å². The van der Waals surface area contributed by atoms with Gasteiger partial charge in [-0.05, 0) is 31.0 Å². The van der Waals surface area contributed by atoms with Crippen LogP contribution in [-0.2, 0) is 5.41 Å². The van der Waals surface area contributed by atoms with Crippen molar-refractivity contribution in [2.24, 2.45) is 0 Å². The summed E-state index contributed by atoms with van der Waals surface area (Å²) in [6.07, 6.45) is 5.58. The summed E-state index contributed by atoms with van der Waals surface area (Å²) < 4.78 is 1.97. The molecule has 18 heavy (non-hydrogen) atoms. The van der Waals surface area contributed by atoms with Gasteiger partial charge in [-0.3, -0.25) is 0 Å².